The third-order valence-electron chi connectivity index (χ3n) is 9.97. The zero-order valence-corrected chi connectivity index (χ0v) is 20.2. The molecule has 6 heteroatoms. The number of carboxylic acid groups (broad SMARTS) is 1. The van der Waals surface area contributed by atoms with Gasteiger partial charge in [-0.25, -0.2) is 0 Å². The van der Waals surface area contributed by atoms with Crippen molar-refractivity contribution in [3.63, 3.8) is 0 Å². The van der Waals surface area contributed by atoms with Crippen molar-refractivity contribution in [2.24, 2.45) is 45.8 Å². The lowest BCUT2D eigenvalue weighted by Crippen LogP contribution is -2.60. The fourth-order valence-electron chi connectivity index (χ4n) is 8.67. The van der Waals surface area contributed by atoms with E-state index in [0.29, 0.717) is 30.8 Å². The molecule has 4 aliphatic carbocycles. The average Bonchev–Trinajstić information content (AvgIpc) is 2.99. The van der Waals surface area contributed by atoms with Crippen LogP contribution in [0.3, 0.4) is 0 Å². The highest BCUT2D eigenvalue weighted by Crippen LogP contribution is 2.72. The number of fused-ring (bicyclic) bond motifs is 3. The zero-order valence-electron chi connectivity index (χ0n) is 20.2. The van der Waals surface area contributed by atoms with E-state index in [1.54, 1.807) is 13.8 Å². The van der Waals surface area contributed by atoms with Gasteiger partial charge in [0.1, 0.15) is 12.0 Å². The Hall–Kier alpha value is -1.59. The Balaban J connectivity index is 1.59. The summed E-state index contributed by atoms with van der Waals surface area (Å²) in [6, 6.07) is 0. The monoisotopic (exact) mass is 448 g/mol. The van der Waals surface area contributed by atoms with Crippen LogP contribution in [0.5, 0.6) is 0 Å². The Morgan fingerprint density at radius 2 is 1.75 bits per heavy atom. The van der Waals surface area contributed by atoms with Crippen LogP contribution in [-0.2, 0) is 23.9 Å². The van der Waals surface area contributed by atoms with Crippen LogP contribution in [0, 0.1) is 45.8 Å². The molecule has 0 aromatic rings. The van der Waals surface area contributed by atoms with Crippen molar-refractivity contribution >= 4 is 17.9 Å². The molecule has 2 bridgehead atoms. The molecule has 0 heterocycles. The van der Waals surface area contributed by atoms with Crippen LogP contribution < -0.4 is 0 Å². The number of esters is 2. The van der Waals surface area contributed by atoms with Gasteiger partial charge in [-0.15, -0.1) is 0 Å². The Bertz CT molecular complexity index is 776. The van der Waals surface area contributed by atoms with Gasteiger partial charge in [-0.3, -0.25) is 14.4 Å². The summed E-state index contributed by atoms with van der Waals surface area (Å²) in [4.78, 5) is 36.3. The molecule has 0 aromatic heterocycles. The van der Waals surface area contributed by atoms with Crippen molar-refractivity contribution in [3.8, 4) is 0 Å². The molecular weight excluding hydrogens is 408 g/mol. The van der Waals surface area contributed by atoms with Crippen LogP contribution in [0.25, 0.3) is 0 Å². The summed E-state index contributed by atoms with van der Waals surface area (Å²) in [5.41, 5.74) is -0.790. The van der Waals surface area contributed by atoms with Crippen LogP contribution >= 0.6 is 0 Å². The van der Waals surface area contributed by atoms with Gasteiger partial charge in [0.05, 0.1) is 12.5 Å². The number of carboxylic acids is 1. The van der Waals surface area contributed by atoms with Crippen LogP contribution in [0.2, 0.25) is 0 Å². The van der Waals surface area contributed by atoms with Crippen LogP contribution in [0.1, 0.15) is 85.5 Å². The van der Waals surface area contributed by atoms with Gasteiger partial charge < -0.3 is 14.6 Å². The first-order chi connectivity index (χ1) is 15.0. The minimum atomic E-state index is -0.980. The van der Waals surface area contributed by atoms with Crippen molar-refractivity contribution in [2.75, 3.05) is 13.2 Å². The number of carbonyl (C=O) groups is 3. The number of hydrogen-bond donors (Lipinski definition) is 1. The molecule has 32 heavy (non-hydrogen) atoms. The number of hydrogen-bond acceptors (Lipinski definition) is 5. The van der Waals surface area contributed by atoms with Gasteiger partial charge in [-0.05, 0) is 85.9 Å². The highest BCUT2D eigenvalue weighted by molar-refractivity contribution is 5.77. The Kier molecular flexibility index (Phi) is 6.13. The maximum atomic E-state index is 12.7. The Labute approximate surface area is 191 Å². The summed E-state index contributed by atoms with van der Waals surface area (Å²) >= 11 is 0. The summed E-state index contributed by atoms with van der Waals surface area (Å²) in [6.45, 7) is 7.92. The first-order valence-electron chi connectivity index (χ1n) is 12.6. The van der Waals surface area contributed by atoms with Crippen LogP contribution in [0.15, 0.2) is 0 Å². The second kappa shape index (κ2) is 8.32. The first-order valence-corrected chi connectivity index (χ1v) is 12.6. The molecule has 4 saturated carbocycles. The fourth-order valence-corrected chi connectivity index (χ4v) is 8.67. The predicted octanol–water partition coefficient (Wildman–Crippen LogP) is 4.84. The van der Waals surface area contributed by atoms with E-state index in [9.17, 15) is 19.5 Å². The van der Waals surface area contributed by atoms with E-state index >= 15 is 0 Å². The maximum absolute atomic E-state index is 12.7. The summed E-state index contributed by atoms with van der Waals surface area (Å²) in [5, 5.41) is 10.4. The molecule has 7 atom stereocenters. The standard InChI is InChI=1S/C26H40O6/c1-16(2)22(28)32-15-26(23(29)30)10-5-9-24(4)20-7-6-18-12-25(20,11-8-21(24)26)13-19(18)14-31-17(3)27/h16,18-21H,5-15H2,1-4H3,(H,29,30)/t18?,19?,20?,21?,24?,25?,26-/m0/s1. The van der Waals surface area contributed by atoms with E-state index in [-0.39, 0.29) is 41.2 Å². The van der Waals surface area contributed by atoms with E-state index < -0.39 is 11.4 Å². The van der Waals surface area contributed by atoms with Crippen LogP contribution in [-0.4, -0.2) is 36.2 Å². The number of ether oxygens (including phenoxy) is 2. The van der Waals surface area contributed by atoms with E-state index in [1.165, 1.54) is 13.3 Å². The zero-order chi connectivity index (χ0) is 23.3. The van der Waals surface area contributed by atoms with Gasteiger partial charge in [0, 0.05) is 6.92 Å². The number of carbonyl (C=O) groups excluding carboxylic acids is 2. The van der Waals surface area contributed by atoms with Gasteiger partial charge in [-0.2, -0.15) is 0 Å². The highest BCUT2D eigenvalue weighted by atomic mass is 16.5. The minimum Gasteiger partial charge on any atom is -0.481 e. The molecule has 0 amide bonds. The largest absolute Gasteiger partial charge is 0.481 e. The normalized spacial score (nSPS) is 42.7. The summed E-state index contributed by atoms with van der Waals surface area (Å²) < 4.78 is 11.0. The minimum absolute atomic E-state index is 0.00295. The topological polar surface area (TPSA) is 89.9 Å². The van der Waals surface area contributed by atoms with E-state index in [0.717, 1.165) is 44.9 Å². The molecule has 0 aliphatic heterocycles. The number of rotatable bonds is 6. The van der Waals surface area contributed by atoms with E-state index in [1.807, 2.05) is 0 Å². The SMILES string of the molecule is CC(=O)OCC1CC23CCC4C(C)(CCC[C@@]4(COC(=O)C(C)C)C(=O)O)C2CCC1C3. The van der Waals surface area contributed by atoms with Crippen molar-refractivity contribution < 1.29 is 29.0 Å². The van der Waals surface area contributed by atoms with Gasteiger partial charge in [0.25, 0.3) is 0 Å². The van der Waals surface area contributed by atoms with Crippen molar-refractivity contribution in [3.05, 3.63) is 0 Å². The lowest BCUT2D eigenvalue weighted by molar-refractivity contribution is -0.197. The van der Waals surface area contributed by atoms with Crippen molar-refractivity contribution in [2.45, 2.75) is 85.5 Å². The average molecular weight is 449 g/mol. The van der Waals surface area contributed by atoms with Gasteiger partial charge in [-0.1, -0.05) is 27.2 Å². The lowest BCUT2D eigenvalue weighted by atomic mass is 9.40. The molecule has 0 radical (unpaired) electrons. The highest BCUT2D eigenvalue weighted by Gasteiger charge is 2.67. The smallest absolute Gasteiger partial charge is 0.313 e. The summed E-state index contributed by atoms with van der Waals surface area (Å²) in [6.07, 6.45) is 8.99. The molecule has 4 aliphatic rings. The lowest BCUT2D eigenvalue weighted by Gasteiger charge is -2.63. The molecule has 6 nitrogen and oxygen atoms in total. The summed E-state index contributed by atoms with van der Waals surface area (Å²) in [7, 11) is 0. The van der Waals surface area contributed by atoms with Crippen LogP contribution in [0.4, 0.5) is 0 Å². The van der Waals surface area contributed by atoms with Gasteiger partial charge in [0.15, 0.2) is 0 Å². The van der Waals surface area contributed by atoms with E-state index in [2.05, 4.69) is 6.92 Å². The second-order valence-electron chi connectivity index (χ2n) is 11.9. The summed E-state index contributed by atoms with van der Waals surface area (Å²) in [5.74, 6) is 0.00469. The molecule has 6 unspecified atom stereocenters. The first kappa shape index (κ1) is 23.6. The van der Waals surface area contributed by atoms with Gasteiger partial charge >= 0.3 is 17.9 Å². The molecule has 180 valence electrons. The maximum Gasteiger partial charge on any atom is 0.313 e. The third-order valence-corrected chi connectivity index (χ3v) is 9.97. The van der Waals surface area contributed by atoms with Crippen molar-refractivity contribution in [1.29, 1.82) is 0 Å². The fraction of sp³-hybridized carbons (Fsp3) is 0.885. The number of aliphatic carboxylic acids is 1. The molecular formula is C26H40O6. The van der Waals surface area contributed by atoms with Crippen molar-refractivity contribution in [1.82, 2.24) is 0 Å². The Morgan fingerprint density at radius 3 is 2.41 bits per heavy atom. The third kappa shape index (κ3) is 3.66. The molecule has 1 N–H and O–H groups in total. The molecule has 1 spiro atoms. The molecule has 4 fully saturated rings. The quantitative estimate of drug-likeness (QED) is 0.585. The molecule has 4 rings (SSSR count). The predicted molar refractivity (Wildman–Crippen MR) is 119 cm³/mol. The van der Waals surface area contributed by atoms with Gasteiger partial charge in [0.2, 0.25) is 0 Å². The molecule has 0 saturated heterocycles. The molecule has 0 aromatic carbocycles. The Morgan fingerprint density at radius 1 is 1.00 bits per heavy atom. The second-order valence-corrected chi connectivity index (χ2v) is 11.9. The van der Waals surface area contributed by atoms with E-state index in [4.69, 9.17) is 9.47 Å².